The van der Waals surface area contributed by atoms with Crippen LogP contribution in [0, 0.1) is 0 Å². The summed E-state index contributed by atoms with van der Waals surface area (Å²) in [6.45, 7) is 1.48. The zero-order valence-corrected chi connectivity index (χ0v) is 15.4. The summed E-state index contributed by atoms with van der Waals surface area (Å²) in [7, 11) is 1.40. The van der Waals surface area contributed by atoms with Crippen LogP contribution < -0.4 is 5.32 Å². The maximum absolute atomic E-state index is 11.7. The summed E-state index contributed by atoms with van der Waals surface area (Å²) in [6, 6.07) is 0. The monoisotopic (exact) mass is 388 g/mol. The minimum absolute atomic E-state index is 0.0265. The number of carbonyl (C=O) groups excluding carboxylic acids is 5. The number of alkyl carbamates (subject to hydrolysis) is 1. The first-order chi connectivity index (χ1) is 12.9. The summed E-state index contributed by atoms with van der Waals surface area (Å²) in [6.07, 6.45) is -0.966. The van der Waals surface area contributed by atoms with E-state index < -0.39 is 36.0 Å². The maximum atomic E-state index is 11.7. The van der Waals surface area contributed by atoms with Gasteiger partial charge in [-0.2, -0.15) is 0 Å². The lowest BCUT2D eigenvalue weighted by Gasteiger charge is -2.18. The standard InChI is InChI=1S/C16H24N2O9/c1-3-14(21)25-9-11(10-26-16(23)17-2)24-8-4-5-15(22)27-18-12(19)6-7-13(18)20/h11H,3-10H2,1-2H3,(H,17,23). The topological polar surface area (TPSA) is 138 Å². The van der Waals surface area contributed by atoms with E-state index in [-0.39, 0.29) is 51.9 Å². The third kappa shape index (κ3) is 8.49. The van der Waals surface area contributed by atoms with Crippen molar-refractivity contribution in [2.75, 3.05) is 26.9 Å². The molecule has 1 saturated heterocycles. The normalized spacial score (nSPS) is 14.7. The number of esters is 1. The van der Waals surface area contributed by atoms with Gasteiger partial charge in [-0.05, 0) is 6.42 Å². The Morgan fingerprint density at radius 3 is 2.30 bits per heavy atom. The van der Waals surface area contributed by atoms with Crippen LogP contribution in [0.3, 0.4) is 0 Å². The highest BCUT2D eigenvalue weighted by Gasteiger charge is 2.32. The van der Waals surface area contributed by atoms with Crippen molar-refractivity contribution in [1.29, 1.82) is 0 Å². The van der Waals surface area contributed by atoms with Crippen molar-refractivity contribution in [2.45, 2.75) is 45.1 Å². The summed E-state index contributed by atoms with van der Waals surface area (Å²) < 4.78 is 15.3. The molecule has 1 heterocycles. The van der Waals surface area contributed by atoms with Crippen molar-refractivity contribution in [1.82, 2.24) is 10.4 Å². The Labute approximate surface area is 156 Å². The van der Waals surface area contributed by atoms with Crippen molar-refractivity contribution < 1.29 is 43.0 Å². The van der Waals surface area contributed by atoms with E-state index >= 15 is 0 Å². The number of hydroxylamine groups is 2. The molecule has 1 aliphatic rings. The highest BCUT2D eigenvalue weighted by molar-refractivity contribution is 6.01. The van der Waals surface area contributed by atoms with E-state index in [0.29, 0.717) is 5.06 Å². The summed E-state index contributed by atoms with van der Waals surface area (Å²) in [4.78, 5) is 61.5. The summed E-state index contributed by atoms with van der Waals surface area (Å²) in [5.41, 5.74) is 0. The Bertz CT molecular complexity index is 528. The fraction of sp³-hybridized carbons (Fsp3) is 0.688. The molecule has 0 aromatic rings. The predicted molar refractivity (Wildman–Crippen MR) is 87.8 cm³/mol. The first kappa shape index (κ1) is 22.4. The van der Waals surface area contributed by atoms with E-state index in [2.05, 4.69) is 5.32 Å². The molecule has 1 rings (SSSR count). The quantitative estimate of drug-likeness (QED) is 0.296. The Morgan fingerprint density at radius 1 is 1.07 bits per heavy atom. The highest BCUT2D eigenvalue weighted by atomic mass is 16.7. The van der Waals surface area contributed by atoms with Gasteiger partial charge < -0.3 is 24.4 Å². The number of hydrogen-bond donors (Lipinski definition) is 1. The van der Waals surface area contributed by atoms with Crippen LogP contribution in [0.15, 0.2) is 0 Å². The van der Waals surface area contributed by atoms with E-state index in [9.17, 15) is 24.0 Å². The fourth-order valence-electron chi connectivity index (χ4n) is 1.94. The van der Waals surface area contributed by atoms with Gasteiger partial charge in [0.25, 0.3) is 11.8 Å². The molecule has 1 fully saturated rings. The van der Waals surface area contributed by atoms with Crippen molar-refractivity contribution >= 4 is 29.8 Å². The number of ether oxygens (including phenoxy) is 3. The number of imide groups is 1. The highest BCUT2D eigenvalue weighted by Crippen LogP contribution is 2.13. The first-order valence-corrected chi connectivity index (χ1v) is 8.55. The lowest BCUT2D eigenvalue weighted by Crippen LogP contribution is -2.32. The van der Waals surface area contributed by atoms with Crippen LogP contribution in [0.2, 0.25) is 0 Å². The van der Waals surface area contributed by atoms with Gasteiger partial charge in [-0.3, -0.25) is 14.4 Å². The van der Waals surface area contributed by atoms with Crippen LogP contribution in [0.4, 0.5) is 4.79 Å². The van der Waals surface area contributed by atoms with E-state index in [0.717, 1.165) is 0 Å². The smallest absolute Gasteiger partial charge is 0.406 e. The van der Waals surface area contributed by atoms with Gasteiger partial charge in [0.1, 0.15) is 19.3 Å². The SMILES string of the molecule is CCC(=O)OCC(COC(=O)NC)OCCCC(=O)ON1C(=O)CCC1=O. The largest absolute Gasteiger partial charge is 0.463 e. The van der Waals surface area contributed by atoms with Gasteiger partial charge in [0, 0.05) is 32.9 Å². The Kier molecular flexibility index (Phi) is 9.80. The molecule has 3 amide bonds. The van der Waals surface area contributed by atoms with Gasteiger partial charge in [0.2, 0.25) is 0 Å². The van der Waals surface area contributed by atoms with Crippen molar-refractivity contribution in [3.8, 4) is 0 Å². The molecule has 11 nitrogen and oxygen atoms in total. The number of amides is 3. The molecule has 152 valence electrons. The average Bonchev–Trinajstić information content (AvgIpc) is 2.97. The second-order valence-corrected chi connectivity index (χ2v) is 5.53. The summed E-state index contributed by atoms with van der Waals surface area (Å²) in [5.74, 6) is -2.26. The second kappa shape index (κ2) is 11.8. The molecule has 0 bridgehead atoms. The van der Waals surface area contributed by atoms with E-state index in [1.165, 1.54) is 7.05 Å². The Morgan fingerprint density at radius 2 is 1.70 bits per heavy atom. The molecule has 0 aromatic heterocycles. The van der Waals surface area contributed by atoms with Crippen LogP contribution in [0.5, 0.6) is 0 Å². The van der Waals surface area contributed by atoms with Gasteiger partial charge in [-0.25, -0.2) is 9.59 Å². The molecule has 27 heavy (non-hydrogen) atoms. The Balaban J connectivity index is 2.32. The van der Waals surface area contributed by atoms with Crippen molar-refractivity contribution in [2.24, 2.45) is 0 Å². The molecule has 1 atom stereocenters. The van der Waals surface area contributed by atoms with E-state index in [1.54, 1.807) is 6.92 Å². The number of nitrogens with one attached hydrogen (secondary N) is 1. The molecule has 0 aromatic carbocycles. The van der Waals surface area contributed by atoms with Crippen LogP contribution >= 0.6 is 0 Å². The van der Waals surface area contributed by atoms with Gasteiger partial charge in [-0.1, -0.05) is 6.92 Å². The van der Waals surface area contributed by atoms with Crippen molar-refractivity contribution in [3.63, 3.8) is 0 Å². The third-order valence-corrected chi connectivity index (χ3v) is 3.40. The molecule has 1 unspecified atom stereocenters. The average molecular weight is 388 g/mol. The minimum Gasteiger partial charge on any atom is -0.463 e. The molecular weight excluding hydrogens is 364 g/mol. The zero-order chi connectivity index (χ0) is 20.2. The number of rotatable bonds is 11. The van der Waals surface area contributed by atoms with Gasteiger partial charge >= 0.3 is 18.0 Å². The Hall–Kier alpha value is -2.69. The third-order valence-electron chi connectivity index (χ3n) is 3.40. The van der Waals surface area contributed by atoms with Crippen LogP contribution in [-0.4, -0.2) is 67.9 Å². The van der Waals surface area contributed by atoms with E-state index in [1.807, 2.05) is 0 Å². The van der Waals surface area contributed by atoms with Crippen LogP contribution in [0.1, 0.15) is 39.0 Å². The molecule has 0 spiro atoms. The summed E-state index contributed by atoms with van der Waals surface area (Å²) >= 11 is 0. The fourth-order valence-corrected chi connectivity index (χ4v) is 1.94. The van der Waals surface area contributed by atoms with Crippen molar-refractivity contribution in [3.05, 3.63) is 0 Å². The number of nitrogens with zero attached hydrogens (tertiary/aromatic N) is 1. The lowest BCUT2D eigenvalue weighted by atomic mass is 10.3. The summed E-state index contributed by atoms with van der Waals surface area (Å²) in [5, 5.41) is 2.75. The maximum Gasteiger partial charge on any atom is 0.406 e. The molecule has 0 radical (unpaired) electrons. The molecule has 0 saturated carbocycles. The van der Waals surface area contributed by atoms with Gasteiger partial charge in [-0.15, -0.1) is 5.06 Å². The second-order valence-electron chi connectivity index (χ2n) is 5.53. The number of carbonyl (C=O) groups is 5. The molecule has 1 aliphatic heterocycles. The molecular formula is C16H24N2O9. The van der Waals surface area contributed by atoms with Gasteiger partial charge in [0.15, 0.2) is 0 Å². The number of hydrogen-bond acceptors (Lipinski definition) is 9. The zero-order valence-electron chi connectivity index (χ0n) is 15.4. The molecule has 1 N–H and O–H groups in total. The van der Waals surface area contributed by atoms with Crippen LogP contribution in [-0.2, 0) is 38.2 Å². The molecule has 0 aliphatic carbocycles. The predicted octanol–water partition coefficient (Wildman–Crippen LogP) is 0.0682. The lowest BCUT2D eigenvalue weighted by molar-refractivity contribution is -0.197. The van der Waals surface area contributed by atoms with Gasteiger partial charge in [0.05, 0.1) is 6.42 Å². The first-order valence-electron chi connectivity index (χ1n) is 8.55. The minimum atomic E-state index is -0.738. The van der Waals surface area contributed by atoms with Crippen LogP contribution in [0.25, 0.3) is 0 Å². The van der Waals surface area contributed by atoms with E-state index in [4.69, 9.17) is 19.0 Å². The molecule has 11 heteroatoms.